The van der Waals surface area contributed by atoms with Crippen LogP contribution in [0.5, 0.6) is 0 Å². The largest absolute Gasteiger partial charge is 0.371 e. The van der Waals surface area contributed by atoms with E-state index >= 15 is 0 Å². The van der Waals surface area contributed by atoms with Crippen LogP contribution >= 0.6 is 0 Å². The third-order valence-corrected chi connectivity index (χ3v) is 3.26. The molecule has 1 aliphatic heterocycles. The number of nitrogens with zero attached hydrogens (tertiary/aromatic N) is 1. The Kier molecular flexibility index (Phi) is 4.17. The Morgan fingerprint density at radius 2 is 1.50 bits per heavy atom. The van der Waals surface area contributed by atoms with Gasteiger partial charge in [0, 0.05) is 24.8 Å². The number of benzene rings is 1. The summed E-state index contributed by atoms with van der Waals surface area (Å²) < 4.78 is 26.6. The average molecular weight is 254 g/mol. The van der Waals surface area contributed by atoms with E-state index in [1.165, 1.54) is 12.1 Å². The molecule has 1 heterocycles. The number of hydrogen-bond acceptors (Lipinski definition) is 2. The van der Waals surface area contributed by atoms with E-state index in [1.807, 2.05) is 0 Å². The van der Waals surface area contributed by atoms with E-state index in [1.54, 1.807) is 0 Å². The van der Waals surface area contributed by atoms with Gasteiger partial charge >= 0.3 is 0 Å². The minimum Gasteiger partial charge on any atom is -0.371 e. The molecule has 0 radical (unpaired) electrons. The van der Waals surface area contributed by atoms with Crippen molar-refractivity contribution in [1.82, 2.24) is 5.32 Å². The molecule has 0 spiro atoms. The topological polar surface area (TPSA) is 15.3 Å². The third-order valence-electron chi connectivity index (χ3n) is 3.26. The standard InChI is InChI=1S/C14H20F2N2/c1-10-6-17-7-11(2)9-18(8-10)14-4-12(15)3-13(16)5-14/h3-5,10-11,17H,6-9H2,1-2H3. The van der Waals surface area contributed by atoms with Gasteiger partial charge in [-0.1, -0.05) is 13.8 Å². The van der Waals surface area contributed by atoms with E-state index in [9.17, 15) is 8.78 Å². The molecule has 2 nitrogen and oxygen atoms in total. The first kappa shape index (κ1) is 13.3. The monoisotopic (exact) mass is 254 g/mol. The van der Waals surface area contributed by atoms with Crippen LogP contribution in [-0.2, 0) is 0 Å². The molecule has 2 atom stereocenters. The molecule has 2 rings (SSSR count). The van der Waals surface area contributed by atoms with Crippen LogP contribution in [0.4, 0.5) is 14.5 Å². The molecule has 100 valence electrons. The van der Waals surface area contributed by atoms with Crippen LogP contribution in [0, 0.1) is 23.5 Å². The van der Waals surface area contributed by atoms with Gasteiger partial charge in [0.2, 0.25) is 0 Å². The van der Waals surface area contributed by atoms with Crippen LogP contribution in [0.3, 0.4) is 0 Å². The van der Waals surface area contributed by atoms with E-state index < -0.39 is 11.6 Å². The molecular weight excluding hydrogens is 234 g/mol. The molecule has 18 heavy (non-hydrogen) atoms. The molecule has 0 amide bonds. The molecule has 4 heteroatoms. The van der Waals surface area contributed by atoms with E-state index in [0.29, 0.717) is 17.5 Å². The van der Waals surface area contributed by atoms with Gasteiger partial charge in [0.15, 0.2) is 0 Å². The number of rotatable bonds is 1. The highest BCUT2D eigenvalue weighted by atomic mass is 19.1. The Morgan fingerprint density at radius 3 is 2.00 bits per heavy atom. The zero-order chi connectivity index (χ0) is 13.1. The Balaban J connectivity index is 2.21. The second-order valence-corrected chi connectivity index (χ2v) is 5.40. The molecule has 2 unspecified atom stereocenters. The van der Waals surface area contributed by atoms with Crippen molar-refractivity contribution in [2.75, 3.05) is 31.1 Å². The van der Waals surface area contributed by atoms with Crippen LogP contribution < -0.4 is 10.2 Å². The molecule has 1 saturated heterocycles. The first-order valence-corrected chi connectivity index (χ1v) is 6.46. The summed E-state index contributed by atoms with van der Waals surface area (Å²) in [6.45, 7) is 7.81. The molecule has 1 aromatic rings. The lowest BCUT2D eigenvalue weighted by atomic mass is 10.0. The van der Waals surface area contributed by atoms with Gasteiger partial charge in [0.25, 0.3) is 0 Å². The highest BCUT2D eigenvalue weighted by Gasteiger charge is 2.18. The summed E-state index contributed by atoms with van der Waals surface area (Å²) in [5, 5.41) is 3.41. The lowest BCUT2D eigenvalue weighted by Gasteiger charge is -2.33. The van der Waals surface area contributed by atoms with E-state index in [2.05, 4.69) is 24.1 Å². The first-order valence-electron chi connectivity index (χ1n) is 6.46. The Bertz CT molecular complexity index is 377. The maximum Gasteiger partial charge on any atom is 0.128 e. The van der Waals surface area contributed by atoms with Crippen molar-refractivity contribution >= 4 is 5.69 Å². The van der Waals surface area contributed by atoms with Gasteiger partial charge in [0.1, 0.15) is 11.6 Å². The number of anilines is 1. The molecular formula is C14H20F2N2. The maximum atomic E-state index is 13.3. The number of nitrogens with one attached hydrogen (secondary N) is 1. The first-order chi connectivity index (χ1) is 8.54. The second kappa shape index (κ2) is 5.65. The average Bonchev–Trinajstić information content (AvgIpc) is 2.24. The fourth-order valence-electron chi connectivity index (χ4n) is 2.46. The van der Waals surface area contributed by atoms with Crippen LogP contribution in [-0.4, -0.2) is 26.2 Å². The predicted octanol–water partition coefficient (Wildman–Crippen LogP) is 2.65. The van der Waals surface area contributed by atoms with Crippen molar-refractivity contribution in [3.05, 3.63) is 29.8 Å². The fourth-order valence-corrected chi connectivity index (χ4v) is 2.46. The quantitative estimate of drug-likeness (QED) is 0.829. The lowest BCUT2D eigenvalue weighted by molar-refractivity contribution is 0.409. The zero-order valence-corrected chi connectivity index (χ0v) is 10.9. The molecule has 0 aliphatic carbocycles. The van der Waals surface area contributed by atoms with Crippen LogP contribution in [0.2, 0.25) is 0 Å². The highest BCUT2D eigenvalue weighted by molar-refractivity contribution is 5.47. The van der Waals surface area contributed by atoms with Gasteiger partial charge in [-0.15, -0.1) is 0 Å². The lowest BCUT2D eigenvalue weighted by Crippen LogP contribution is -2.42. The molecule has 0 saturated carbocycles. The second-order valence-electron chi connectivity index (χ2n) is 5.40. The van der Waals surface area contributed by atoms with Crippen molar-refractivity contribution < 1.29 is 8.78 Å². The number of halogens is 2. The van der Waals surface area contributed by atoms with E-state index in [4.69, 9.17) is 0 Å². The Labute approximate surface area is 107 Å². The summed E-state index contributed by atoms with van der Waals surface area (Å²) in [7, 11) is 0. The normalized spacial score (nSPS) is 25.7. The minimum absolute atomic E-state index is 0.462. The third kappa shape index (κ3) is 3.42. The van der Waals surface area contributed by atoms with Crippen LogP contribution in [0.15, 0.2) is 18.2 Å². The summed E-state index contributed by atoms with van der Waals surface area (Å²) in [5.74, 6) is -0.0939. The van der Waals surface area contributed by atoms with Crippen LogP contribution in [0.25, 0.3) is 0 Å². The van der Waals surface area contributed by atoms with Crippen molar-refractivity contribution in [3.8, 4) is 0 Å². The summed E-state index contributed by atoms with van der Waals surface area (Å²) in [6.07, 6.45) is 0. The van der Waals surface area contributed by atoms with Gasteiger partial charge in [-0.2, -0.15) is 0 Å². The SMILES string of the molecule is CC1CNCC(C)CN(c2cc(F)cc(F)c2)C1. The Hall–Kier alpha value is -1.16. The van der Waals surface area contributed by atoms with Gasteiger partial charge < -0.3 is 10.2 Å². The van der Waals surface area contributed by atoms with Gasteiger partial charge in [-0.05, 0) is 37.1 Å². The summed E-state index contributed by atoms with van der Waals surface area (Å²) >= 11 is 0. The summed E-state index contributed by atoms with van der Waals surface area (Å²) in [4.78, 5) is 2.09. The number of hydrogen-bond donors (Lipinski definition) is 1. The molecule has 1 aliphatic rings. The molecule has 0 aromatic heterocycles. The van der Waals surface area contributed by atoms with Crippen molar-refractivity contribution in [2.24, 2.45) is 11.8 Å². The summed E-state index contributed by atoms with van der Waals surface area (Å²) in [6, 6.07) is 3.75. The van der Waals surface area contributed by atoms with Gasteiger partial charge in [0.05, 0.1) is 0 Å². The zero-order valence-electron chi connectivity index (χ0n) is 10.9. The van der Waals surface area contributed by atoms with Crippen LogP contribution in [0.1, 0.15) is 13.8 Å². The Morgan fingerprint density at radius 1 is 1.00 bits per heavy atom. The van der Waals surface area contributed by atoms with E-state index in [-0.39, 0.29) is 0 Å². The van der Waals surface area contributed by atoms with Gasteiger partial charge in [-0.25, -0.2) is 8.78 Å². The van der Waals surface area contributed by atoms with Crippen molar-refractivity contribution in [2.45, 2.75) is 13.8 Å². The van der Waals surface area contributed by atoms with Crippen molar-refractivity contribution in [3.63, 3.8) is 0 Å². The summed E-state index contributed by atoms with van der Waals surface area (Å²) in [5.41, 5.74) is 0.646. The van der Waals surface area contributed by atoms with Crippen molar-refractivity contribution in [1.29, 1.82) is 0 Å². The smallest absolute Gasteiger partial charge is 0.128 e. The minimum atomic E-state index is -0.509. The maximum absolute atomic E-state index is 13.3. The van der Waals surface area contributed by atoms with E-state index in [0.717, 1.165) is 32.2 Å². The predicted molar refractivity (Wildman–Crippen MR) is 69.8 cm³/mol. The highest BCUT2D eigenvalue weighted by Crippen LogP contribution is 2.21. The fraction of sp³-hybridized carbons (Fsp3) is 0.571. The molecule has 1 aromatic carbocycles. The molecule has 1 fully saturated rings. The molecule has 0 bridgehead atoms. The van der Waals surface area contributed by atoms with Gasteiger partial charge in [-0.3, -0.25) is 0 Å². The molecule has 1 N–H and O–H groups in total.